The molecule has 4 fully saturated rings. The van der Waals surface area contributed by atoms with E-state index in [1.807, 2.05) is 0 Å². The van der Waals surface area contributed by atoms with Crippen molar-refractivity contribution in [1.29, 1.82) is 0 Å². The van der Waals surface area contributed by atoms with Crippen LogP contribution in [0.1, 0.15) is 32.1 Å². The monoisotopic (exact) mass is 1210 g/mol. The fourth-order valence-electron chi connectivity index (χ4n) is 19.5. The maximum absolute atomic E-state index is 2.93. The van der Waals surface area contributed by atoms with Crippen molar-refractivity contribution in [3.8, 4) is 44.5 Å². The molecule has 0 unspecified atom stereocenters. The van der Waals surface area contributed by atoms with Gasteiger partial charge in [0.15, 0.2) is 0 Å². The van der Waals surface area contributed by atoms with Gasteiger partial charge in [-0.2, -0.15) is 0 Å². The molecule has 6 aliphatic rings. The van der Waals surface area contributed by atoms with Gasteiger partial charge < -0.3 is 14.7 Å². The molecule has 17 aromatic carbocycles. The first-order valence-corrected chi connectivity index (χ1v) is 34.4. The van der Waals surface area contributed by atoms with Gasteiger partial charge in [-0.15, -0.1) is 0 Å². The largest absolute Gasteiger partial charge is 0.365 e. The van der Waals surface area contributed by atoms with Gasteiger partial charge in [-0.25, -0.2) is 0 Å². The molecule has 4 heteroatoms. The van der Waals surface area contributed by atoms with E-state index in [9.17, 15) is 0 Å². The number of hydrogen-bond acceptors (Lipinski definition) is 3. The van der Waals surface area contributed by atoms with Crippen molar-refractivity contribution in [2.24, 2.45) is 11.8 Å². The van der Waals surface area contributed by atoms with Crippen LogP contribution >= 0.6 is 0 Å². The Balaban J connectivity index is 0.813. The molecule has 95 heavy (non-hydrogen) atoms. The van der Waals surface area contributed by atoms with Crippen molar-refractivity contribution >= 4 is 149 Å². The SMILES string of the molecule is c1ccc(-c2ccc(N3c4cc(-c5cc6cccc7c8cccc9cccc(c(c5)c67)c98)ccc4B4c5ccc(-c6cc7cccc8c9cccc%10cccc(c(c6)c78)c%109)cc5N(c5ccc(-c6ccccc6)cc5)c5cc(N6C7CC8CC(C7)CC6C8)cc3c54)cc2)cc1. The Kier molecular flexibility index (Phi) is 10.8. The molecule has 4 bridgehead atoms. The van der Waals surface area contributed by atoms with Gasteiger partial charge in [-0.05, 0) is 264 Å². The number of nitrogens with zero attached hydrogens (tertiary/aromatic N) is 3. The van der Waals surface area contributed by atoms with Gasteiger partial charge in [0.05, 0.1) is 0 Å². The van der Waals surface area contributed by atoms with E-state index in [1.54, 1.807) is 0 Å². The van der Waals surface area contributed by atoms with Gasteiger partial charge in [0.2, 0.25) is 0 Å². The summed E-state index contributed by atoms with van der Waals surface area (Å²) >= 11 is 0. The second kappa shape index (κ2) is 19.7. The van der Waals surface area contributed by atoms with E-state index in [2.05, 4.69) is 306 Å². The van der Waals surface area contributed by atoms with Crippen molar-refractivity contribution in [3.05, 3.63) is 291 Å². The Hall–Kier alpha value is -11.2. The highest BCUT2D eigenvalue weighted by Gasteiger charge is 2.49. The molecule has 0 amide bonds. The van der Waals surface area contributed by atoms with E-state index in [0.717, 1.165) is 23.2 Å². The van der Waals surface area contributed by atoms with Crippen LogP contribution in [0.15, 0.2) is 291 Å². The maximum atomic E-state index is 2.93. The molecule has 2 aliphatic carbocycles. The maximum Gasteiger partial charge on any atom is 0.252 e. The topological polar surface area (TPSA) is 9.72 Å². The molecule has 0 radical (unpaired) electrons. The molecule has 2 saturated carbocycles. The number of fused-ring (bicyclic) bond motifs is 8. The normalized spacial score (nSPS) is 17.8. The highest BCUT2D eigenvalue weighted by Crippen LogP contribution is 2.55. The van der Waals surface area contributed by atoms with Crippen LogP contribution in [0, 0.1) is 11.8 Å². The number of anilines is 7. The van der Waals surface area contributed by atoms with Crippen LogP contribution < -0.4 is 31.1 Å². The molecule has 0 atom stereocenters. The Bertz CT molecular complexity index is 5670. The average molecular weight is 1210 g/mol. The summed E-state index contributed by atoms with van der Waals surface area (Å²) in [6.45, 7) is -0.0841. The molecule has 444 valence electrons. The standard InChI is InChI=1S/C91H62BN3/c1-3-13-56(14-4-1)58-29-35-68(36-30-58)94-83-50-62(66-46-64-21-11-25-75-73-23-7-17-60-19-9-27-77(87(60)73)79(48-66)89(64)75)33-39-81(83)92-82-40-34-63(67-47-65-22-12-26-76-74-24-8-18-61-20-10-28-78(88(61)74)80(49-67)90(65)76)51-84(82)95(69-37-31-59(32-38-69)57-15-5-2-6-16-57)86-53-72(52-85(94)91(86)92)93-70-42-54-41-55(44-70)45-71(93)43-54/h1-40,46-55,70-71H,41-45H2. The molecule has 3 nitrogen and oxygen atoms in total. The first-order chi connectivity index (χ1) is 47.0. The van der Waals surface area contributed by atoms with Crippen LogP contribution in [0.2, 0.25) is 0 Å². The Morgan fingerprint density at radius 2 is 0.600 bits per heavy atom. The lowest BCUT2D eigenvalue weighted by molar-refractivity contribution is 0.0900. The summed E-state index contributed by atoms with van der Waals surface area (Å²) in [5.41, 5.74) is 22.3. The minimum Gasteiger partial charge on any atom is -0.365 e. The summed E-state index contributed by atoms with van der Waals surface area (Å²) in [7, 11) is 0. The highest BCUT2D eigenvalue weighted by molar-refractivity contribution is 7.00. The van der Waals surface area contributed by atoms with E-state index >= 15 is 0 Å². The second-order valence-corrected chi connectivity index (χ2v) is 28.3. The summed E-state index contributed by atoms with van der Waals surface area (Å²) in [6.07, 6.45) is 6.52. The molecule has 0 aromatic heterocycles. The third kappa shape index (κ3) is 7.60. The molecule has 17 aromatic rings. The third-order valence-corrected chi connectivity index (χ3v) is 23.3. The van der Waals surface area contributed by atoms with Gasteiger partial charge in [0.1, 0.15) is 0 Å². The quantitative estimate of drug-likeness (QED) is 0.0895. The second-order valence-electron chi connectivity index (χ2n) is 28.3. The van der Waals surface area contributed by atoms with Crippen molar-refractivity contribution in [2.75, 3.05) is 14.7 Å². The zero-order valence-electron chi connectivity index (χ0n) is 52.5. The first-order valence-electron chi connectivity index (χ1n) is 34.4. The Morgan fingerprint density at radius 1 is 0.242 bits per heavy atom. The van der Waals surface area contributed by atoms with Gasteiger partial charge >= 0.3 is 0 Å². The van der Waals surface area contributed by atoms with Crippen molar-refractivity contribution in [3.63, 3.8) is 0 Å². The molecular formula is C91H62BN3. The Morgan fingerprint density at radius 3 is 1.01 bits per heavy atom. The van der Waals surface area contributed by atoms with E-state index < -0.39 is 0 Å². The van der Waals surface area contributed by atoms with Crippen LogP contribution in [0.25, 0.3) is 131 Å². The molecule has 2 saturated heterocycles. The summed E-state index contributed by atoms with van der Waals surface area (Å²) in [4.78, 5) is 8.28. The van der Waals surface area contributed by atoms with E-state index in [-0.39, 0.29) is 6.71 Å². The molecular weight excluding hydrogens is 1150 g/mol. The van der Waals surface area contributed by atoms with Crippen molar-refractivity contribution in [2.45, 2.75) is 44.2 Å². The summed E-state index contributed by atoms with van der Waals surface area (Å²) in [5, 5.41) is 21.0. The lowest BCUT2D eigenvalue weighted by atomic mass is 9.33. The van der Waals surface area contributed by atoms with Crippen LogP contribution in [0.4, 0.5) is 39.8 Å². The predicted molar refractivity (Wildman–Crippen MR) is 405 cm³/mol. The predicted octanol–water partition coefficient (Wildman–Crippen LogP) is 22.3. The van der Waals surface area contributed by atoms with Crippen LogP contribution in [-0.4, -0.2) is 18.8 Å². The molecule has 4 aliphatic heterocycles. The Labute approximate surface area is 552 Å². The van der Waals surface area contributed by atoms with E-state index in [1.165, 1.54) is 208 Å². The number of rotatable bonds is 7. The zero-order chi connectivity index (χ0) is 61.7. The minimum atomic E-state index is -0.0841. The summed E-state index contributed by atoms with van der Waals surface area (Å²) in [5.74, 6) is 1.64. The fraction of sp³-hybridized carbons (Fsp3) is 0.0989. The average Bonchev–Trinajstić information content (AvgIpc) is 0.699. The van der Waals surface area contributed by atoms with Gasteiger partial charge in [0, 0.05) is 51.9 Å². The number of hydrogen-bond donors (Lipinski definition) is 0. The third-order valence-electron chi connectivity index (χ3n) is 23.3. The van der Waals surface area contributed by atoms with Crippen LogP contribution in [-0.2, 0) is 0 Å². The molecule has 23 rings (SSSR count). The van der Waals surface area contributed by atoms with Crippen LogP contribution in [0.5, 0.6) is 0 Å². The summed E-state index contributed by atoms with van der Waals surface area (Å²) in [6, 6.07) is 113. The van der Waals surface area contributed by atoms with E-state index in [0.29, 0.717) is 12.1 Å². The van der Waals surface area contributed by atoms with Crippen LogP contribution in [0.3, 0.4) is 0 Å². The molecule has 0 N–H and O–H groups in total. The van der Waals surface area contributed by atoms with E-state index in [4.69, 9.17) is 0 Å². The first kappa shape index (κ1) is 52.3. The smallest absolute Gasteiger partial charge is 0.252 e. The number of benzene rings is 17. The molecule has 0 spiro atoms. The van der Waals surface area contributed by atoms with Crippen molar-refractivity contribution in [1.82, 2.24) is 0 Å². The van der Waals surface area contributed by atoms with Gasteiger partial charge in [0.25, 0.3) is 6.71 Å². The fourth-order valence-corrected chi connectivity index (χ4v) is 19.5. The zero-order valence-corrected chi connectivity index (χ0v) is 52.5. The van der Waals surface area contributed by atoms with Gasteiger partial charge in [-0.1, -0.05) is 218 Å². The number of piperidine rings is 2. The lowest BCUT2D eigenvalue weighted by Crippen LogP contribution is -2.62. The van der Waals surface area contributed by atoms with Gasteiger partial charge in [-0.3, -0.25) is 0 Å². The summed E-state index contributed by atoms with van der Waals surface area (Å²) < 4.78 is 0. The minimum absolute atomic E-state index is 0.0841. The molecule has 4 heterocycles. The van der Waals surface area contributed by atoms with Crippen molar-refractivity contribution < 1.29 is 0 Å². The highest BCUT2D eigenvalue weighted by atomic mass is 15.2. The lowest BCUT2D eigenvalue weighted by Gasteiger charge is -2.58.